The van der Waals surface area contributed by atoms with Gasteiger partial charge in [-0.3, -0.25) is 9.59 Å². The van der Waals surface area contributed by atoms with Crippen LogP contribution in [0.25, 0.3) is 0 Å². The summed E-state index contributed by atoms with van der Waals surface area (Å²) in [7, 11) is 0. The molecule has 6 heteroatoms. The molecule has 142 valence electrons. The third-order valence-corrected chi connectivity index (χ3v) is 5.32. The maximum atomic E-state index is 12.9. The van der Waals surface area contributed by atoms with Crippen LogP contribution < -0.4 is 0 Å². The molecule has 1 aromatic heterocycles. The first kappa shape index (κ1) is 17.9. The number of esters is 1. The van der Waals surface area contributed by atoms with Crippen molar-refractivity contribution in [2.24, 2.45) is 0 Å². The standard InChI is InChI=1S/C21H23NO5/c1-20(2)25-13-17(27-20)26-19(24)21(3)11-12-22-15(9-10-16(21)22)18(23)14-7-5-4-6-8-14/h4-10,17H,11-13H2,1-3H3/t17-,21+/m1/s1. The van der Waals surface area contributed by atoms with Gasteiger partial charge >= 0.3 is 5.97 Å². The first-order chi connectivity index (χ1) is 12.8. The number of hydrogen-bond donors (Lipinski definition) is 0. The monoisotopic (exact) mass is 369 g/mol. The van der Waals surface area contributed by atoms with Crippen LogP contribution in [0, 0.1) is 0 Å². The highest BCUT2D eigenvalue weighted by molar-refractivity contribution is 6.08. The number of fused-ring (bicyclic) bond motifs is 1. The molecule has 2 atom stereocenters. The van der Waals surface area contributed by atoms with Crippen molar-refractivity contribution < 1.29 is 23.8 Å². The number of carbonyl (C=O) groups excluding carboxylic acids is 2. The lowest BCUT2D eigenvalue weighted by atomic mass is 9.86. The lowest BCUT2D eigenvalue weighted by molar-refractivity contribution is -0.201. The van der Waals surface area contributed by atoms with Crippen molar-refractivity contribution in [1.82, 2.24) is 4.57 Å². The number of ether oxygens (including phenoxy) is 3. The van der Waals surface area contributed by atoms with E-state index in [0.29, 0.717) is 24.2 Å². The van der Waals surface area contributed by atoms with E-state index >= 15 is 0 Å². The zero-order valence-electron chi connectivity index (χ0n) is 15.7. The number of hydrogen-bond acceptors (Lipinski definition) is 5. The van der Waals surface area contributed by atoms with Crippen LogP contribution >= 0.6 is 0 Å². The van der Waals surface area contributed by atoms with Gasteiger partial charge in [-0.25, -0.2) is 0 Å². The Balaban J connectivity index is 1.56. The normalized spacial score (nSPS) is 26.0. The van der Waals surface area contributed by atoms with Gasteiger partial charge in [-0.05, 0) is 39.3 Å². The van der Waals surface area contributed by atoms with Crippen LogP contribution in [0.4, 0.5) is 0 Å². The zero-order chi connectivity index (χ0) is 19.2. The first-order valence-corrected chi connectivity index (χ1v) is 9.13. The number of carbonyl (C=O) groups is 2. The first-order valence-electron chi connectivity index (χ1n) is 9.13. The molecule has 27 heavy (non-hydrogen) atoms. The van der Waals surface area contributed by atoms with Gasteiger partial charge in [0.15, 0.2) is 5.79 Å². The molecule has 0 aliphatic carbocycles. The molecule has 6 nitrogen and oxygen atoms in total. The molecule has 0 N–H and O–H groups in total. The van der Waals surface area contributed by atoms with Crippen molar-refractivity contribution in [2.45, 2.75) is 51.2 Å². The minimum absolute atomic E-state index is 0.0475. The van der Waals surface area contributed by atoms with E-state index in [-0.39, 0.29) is 18.4 Å². The van der Waals surface area contributed by atoms with Gasteiger partial charge < -0.3 is 18.8 Å². The summed E-state index contributed by atoms with van der Waals surface area (Å²) in [5, 5.41) is 0. The molecule has 1 fully saturated rings. The van der Waals surface area contributed by atoms with Crippen LogP contribution in [-0.4, -0.2) is 35.0 Å². The lowest BCUT2D eigenvalue weighted by Gasteiger charge is -2.24. The quantitative estimate of drug-likeness (QED) is 0.612. The summed E-state index contributed by atoms with van der Waals surface area (Å²) in [6, 6.07) is 12.8. The van der Waals surface area contributed by atoms with Gasteiger partial charge in [0.05, 0.1) is 5.69 Å². The molecule has 2 aliphatic heterocycles. The molecule has 2 aliphatic rings. The predicted octanol–water partition coefficient (Wildman–Crippen LogP) is 3.03. The average Bonchev–Trinajstić information content (AvgIpc) is 3.31. The van der Waals surface area contributed by atoms with Crippen molar-refractivity contribution in [3.05, 3.63) is 59.4 Å². The number of nitrogens with zero attached hydrogens (tertiary/aromatic N) is 1. The molecule has 1 aromatic carbocycles. The van der Waals surface area contributed by atoms with Crippen molar-refractivity contribution in [2.75, 3.05) is 6.61 Å². The second kappa shape index (κ2) is 6.32. The Morgan fingerprint density at radius 3 is 2.52 bits per heavy atom. The molecular weight excluding hydrogens is 346 g/mol. The van der Waals surface area contributed by atoms with Gasteiger partial charge in [0.25, 0.3) is 0 Å². The smallest absolute Gasteiger partial charge is 0.320 e. The lowest BCUT2D eigenvalue weighted by Crippen LogP contribution is -2.36. The second-order valence-electron chi connectivity index (χ2n) is 7.70. The van der Waals surface area contributed by atoms with Crippen molar-refractivity contribution in [3.63, 3.8) is 0 Å². The summed E-state index contributed by atoms with van der Waals surface area (Å²) in [6.45, 7) is 6.23. The highest BCUT2D eigenvalue weighted by Crippen LogP contribution is 2.39. The molecule has 0 radical (unpaired) electrons. The molecule has 3 heterocycles. The van der Waals surface area contributed by atoms with Crippen LogP contribution in [0.1, 0.15) is 48.9 Å². The fourth-order valence-electron chi connectivity index (χ4n) is 3.76. The highest BCUT2D eigenvalue weighted by atomic mass is 16.8. The van der Waals surface area contributed by atoms with Crippen LogP contribution in [0.3, 0.4) is 0 Å². The van der Waals surface area contributed by atoms with Crippen LogP contribution in [0.2, 0.25) is 0 Å². The molecule has 0 amide bonds. The zero-order valence-corrected chi connectivity index (χ0v) is 15.7. The summed E-state index contributed by atoms with van der Waals surface area (Å²) < 4.78 is 18.5. The maximum Gasteiger partial charge on any atom is 0.320 e. The van der Waals surface area contributed by atoms with E-state index in [2.05, 4.69) is 0 Å². The van der Waals surface area contributed by atoms with Crippen LogP contribution in [0.15, 0.2) is 42.5 Å². The van der Waals surface area contributed by atoms with Gasteiger partial charge in [-0.1, -0.05) is 30.3 Å². The van der Waals surface area contributed by atoms with Gasteiger partial charge in [0.2, 0.25) is 12.1 Å². The topological polar surface area (TPSA) is 66.8 Å². The third kappa shape index (κ3) is 3.09. The summed E-state index contributed by atoms with van der Waals surface area (Å²) in [5.41, 5.74) is 1.21. The molecule has 4 rings (SSSR count). The van der Waals surface area contributed by atoms with E-state index in [1.54, 1.807) is 32.0 Å². The average molecular weight is 369 g/mol. The van der Waals surface area contributed by atoms with E-state index < -0.39 is 17.5 Å². The molecule has 0 saturated carbocycles. The summed E-state index contributed by atoms with van der Waals surface area (Å²) >= 11 is 0. The van der Waals surface area contributed by atoms with Crippen molar-refractivity contribution in [3.8, 4) is 0 Å². The Bertz CT molecular complexity index is 885. The molecule has 1 saturated heterocycles. The van der Waals surface area contributed by atoms with E-state index in [4.69, 9.17) is 14.2 Å². The Morgan fingerprint density at radius 2 is 1.85 bits per heavy atom. The molecule has 2 aromatic rings. The number of benzene rings is 1. The summed E-state index contributed by atoms with van der Waals surface area (Å²) in [5.74, 6) is -1.16. The minimum Gasteiger partial charge on any atom is -0.432 e. The highest BCUT2D eigenvalue weighted by Gasteiger charge is 2.46. The van der Waals surface area contributed by atoms with Gasteiger partial charge in [-0.15, -0.1) is 0 Å². The largest absolute Gasteiger partial charge is 0.432 e. The van der Waals surface area contributed by atoms with Gasteiger partial charge in [0.1, 0.15) is 12.0 Å². The molecule has 0 unspecified atom stereocenters. The maximum absolute atomic E-state index is 12.9. The summed E-state index contributed by atoms with van der Waals surface area (Å²) in [4.78, 5) is 25.7. The minimum atomic E-state index is -0.814. The van der Waals surface area contributed by atoms with E-state index in [1.807, 2.05) is 35.8 Å². The van der Waals surface area contributed by atoms with Crippen molar-refractivity contribution >= 4 is 11.8 Å². The second-order valence-corrected chi connectivity index (χ2v) is 7.70. The number of rotatable bonds is 4. The number of aromatic nitrogens is 1. The Kier molecular flexibility index (Phi) is 4.20. The molecule has 0 spiro atoms. The van der Waals surface area contributed by atoms with Crippen molar-refractivity contribution in [1.29, 1.82) is 0 Å². The fourth-order valence-corrected chi connectivity index (χ4v) is 3.76. The van der Waals surface area contributed by atoms with Crippen LogP contribution in [0.5, 0.6) is 0 Å². The predicted molar refractivity (Wildman–Crippen MR) is 97.3 cm³/mol. The van der Waals surface area contributed by atoms with Gasteiger partial charge in [0, 0.05) is 17.8 Å². The molecule has 0 bridgehead atoms. The Hall–Kier alpha value is -2.44. The third-order valence-electron chi connectivity index (χ3n) is 5.32. The van der Waals surface area contributed by atoms with E-state index in [0.717, 1.165) is 5.69 Å². The summed E-state index contributed by atoms with van der Waals surface area (Å²) in [6.07, 6.45) is -0.132. The van der Waals surface area contributed by atoms with E-state index in [9.17, 15) is 9.59 Å². The SMILES string of the molecule is CC1(C)OC[C@H](OC(=O)[C@@]2(C)CCn3c(C(=O)c4ccccc4)ccc32)O1. The molecular formula is C21H23NO5. The Labute approximate surface area is 158 Å². The van der Waals surface area contributed by atoms with E-state index in [1.165, 1.54) is 0 Å². The fraction of sp³-hybridized carbons (Fsp3) is 0.429. The van der Waals surface area contributed by atoms with Crippen LogP contribution in [-0.2, 0) is 31.0 Å². The van der Waals surface area contributed by atoms with Gasteiger partial charge in [-0.2, -0.15) is 0 Å². The number of ketones is 1. The Morgan fingerprint density at radius 1 is 1.11 bits per heavy atom.